The zero-order chi connectivity index (χ0) is 23.7. The first-order chi connectivity index (χ1) is 15.1. The SMILES string of the molecule is CC(C)CNC(=O)[C@H](C)N(CCc1ccccc1)C(=O)COc1ccc(C(C)(C)C)cc1. The molecule has 0 heterocycles. The molecule has 1 N–H and O–H groups in total. The van der Waals surface area contributed by atoms with Gasteiger partial charge in [0.15, 0.2) is 6.61 Å². The van der Waals surface area contributed by atoms with E-state index in [2.05, 4.69) is 26.1 Å². The van der Waals surface area contributed by atoms with E-state index >= 15 is 0 Å². The first kappa shape index (κ1) is 25.4. The van der Waals surface area contributed by atoms with Crippen molar-refractivity contribution in [2.45, 2.75) is 59.4 Å². The fourth-order valence-corrected chi connectivity index (χ4v) is 3.30. The molecular formula is C27H38N2O3. The number of nitrogens with one attached hydrogen (secondary N) is 1. The smallest absolute Gasteiger partial charge is 0.261 e. The molecule has 2 aromatic carbocycles. The van der Waals surface area contributed by atoms with Crippen LogP contribution in [0.5, 0.6) is 5.75 Å². The number of carbonyl (C=O) groups is 2. The molecular weight excluding hydrogens is 400 g/mol. The maximum atomic E-state index is 13.1. The molecule has 0 radical (unpaired) electrons. The Balaban J connectivity index is 2.05. The van der Waals surface area contributed by atoms with Crippen LogP contribution >= 0.6 is 0 Å². The summed E-state index contributed by atoms with van der Waals surface area (Å²) in [6.45, 7) is 13.3. The standard InChI is InChI=1S/C27H38N2O3/c1-20(2)18-28-26(31)21(3)29(17-16-22-10-8-7-9-11-22)25(30)19-32-24-14-12-23(13-15-24)27(4,5)6/h7-15,20-21H,16-19H2,1-6H3,(H,28,31)/t21-/m0/s1. The number of hydrogen-bond acceptors (Lipinski definition) is 3. The highest BCUT2D eigenvalue weighted by Gasteiger charge is 2.26. The van der Waals surface area contributed by atoms with Crippen LogP contribution in [0.4, 0.5) is 0 Å². The van der Waals surface area contributed by atoms with E-state index in [0.29, 0.717) is 31.2 Å². The molecule has 2 rings (SSSR count). The lowest BCUT2D eigenvalue weighted by Gasteiger charge is -2.29. The molecule has 5 heteroatoms. The Hall–Kier alpha value is -2.82. The number of nitrogens with zero attached hydrogens (tertiary/aromatic N) is 1. The van der Waals surface area contributed by atoms with Gasteiger partial charge in [-0.2, -0.15) is 0 Å². The maximum Gasteiger partial charge on any atom is 0.261 e. The van der Waals surface area contributed by atoms with Crippen LogP contribution in [0.15, 0.2) is 54.6 Å². The lowest BCUT2D eigenvalue weighted by atomic mass is 9.87. The minimum absolute atomic E-state index is 0.0569. The summed E-state index contributed by atoms with van der Waals surface area (Å²) in [6, 6.07) is 17.2. The van der Waals surface area contributed by atoms with Crippen LogP contribution in [0, 0.1) is 5.92 Å². The second-order valence-corrected chi connectivity index (χ2v) is 9.70. The highest BCUT2D eigenvalue weighted by Crippen LogP contribution is 2.24. The van der Waals surface area contributed by atoms with E-state index < -0.39 is 6.04 Å². The van der Waals surface area contributed by atoms with E-state index in [4.69, 9.17) is 4.74 Å². The number of rotatable bonds is 10. The first-order valence-corrected chi connectivity index (χ1v) is 11.4. The van der Waals surface area contributed by atoms with Gasteiger partial charge in [0, 0.05) is 13.1 Å². The van der Waals surface area contributed by atoms with Crippen molar-refractivity contribution in [3.63, 3.8) is 0 Å². The van der Waals surface area contributed by atoms with Crippen LogP contribution in [0.3, 0.4) is 0 Å². The average molecular weight is 439 g/mol. The third-order valence-corrected chi connectivity index (χ3v) is 5.42. The molecule has 32 heavy (non-hydrogen) atoms. The van der Waals surface area contributed by atoms with E-state index in [1.165, 1.54) is 5.56 Å². The van der Waals surface area contributed by atoms with Gasteiger partial charge in [0.05, 0.1) is 0 Å². The Morgan fingerprint density at radius 3 is 2.16 bits per heavy atom. The third-order valence-electron chi connectivity index (χ3n) is 5.42. The first-order valence-electron chi connectivity index (χ1n) is 11.4. The van der Waals surface area contributed by atoms with Crippen molar-refractivity contribution in [3.05, 3.63) is 65.7 Å². The second kappa shape index (κ2) is 11.7. The Morgan fingerprint density at radius 2 is 1.59 bits per heavy atom. The summed E-state index contributed by atoms with van der Waals surface area (Å²) in [4.78, 5) is 27.4. The van der Waals surface area contributed by atoms with Crippen LogP contribution in [0.2, 0.25) is 0 Å². The summed E-state index contributed by atoms with van der Waals surface area (Å²) in [5.41, 5.74) is 2.39. The number of amides is 2. The number of ether oxygens (including phenoxy) is 1. The quantitative estimate of drug-likeness (QED) is 0.590. The minimum atomic E-state index is -0.572. The average Bonchev–Trinajstić information content (AvgIpc) is 2.76. The van der Waals surface area contributed by atoms with Gasteiger partial charge in [-0.05, 0) is 47.9 Å². The zero-order valence-electron chi connectivity index (χ0n) is 20.4. The Bertz CT molecular complexity index is 855. The van der Waals surface area contributed by atoms with Crippen LogP contribution < -0.4 is 10.1 Å². The predicted molar refractivity (Wildman–Crippen MR) is 130 cm³/mol. The summed E-state index contributed by atoms with van der Waals surface area (Å²) in [6.07, 6.45) is 0.675. The molecule has 5 nitrogen and oxygen atoms in total. The van der Waals surface area contributed by atoms with Gasteiger partial charge in [0.2, 0.25) is 5.91 Å². The van der Waals surface area contributed by atoms with Gasteiger partial charge in [-0.1, -0.05) is 77.1 Å². The molecule has 0 bridgehead atoms. The molecule has 0 spiro atoms. The van der Waals surface area contributed by atoms with Gasteiger partial charge < -0.3 is 15.0 Å². The fraction of sp³-hybridized carbons (Fsp3) is 0.481. The van der Waals surface area contributed by atoms with Gasteiger partial charge in [-0.25, -0.2) is 0 Å². The molecule has 174 valence electrons. The molecule has 0 fully saturated rings. The summed E-state index contributed by atoms with van der Waals surface area (Å²) in [5.74, 6) is 0.646. The summed E-state index contributed by atoms with van der Waals surface area (Å²) < 4.78 is 5.77. The van der Waals surface area contributed by atoms with Crippen molar-refractivity contribution in [1.82, 2.24) is 10.2 Å². The van der Waals surface area contributed by atoms with Crippen molar-refractivity contribution in [2.75, 3.05) is 19.7 Å². The molecule has 2 amide bonds. The molecule has 0 aliphatic rings. The molecule has 1 atom stereocenters. The van der Waals surface area contributed by atoms with Gasteiger partial charge in [0.1, 0.15) is 11.8 Å². The normalized spacial score (nSPS) is 12.3. The van der Waals surface area contributed by atoms with Crippen molar-refractivity contribution >= 4 is 11.8 Å². The molecule has 0 aliphatic carbocycles. The predicted octanol–water partition coefficient (Wildman–Crippen LogP) is 4.59. The molecule has 0 saturated heterocycles. The second-order valence-electron chi connectivity index (χ2n) is 9.70. The highest BCUT2D eigenvalue weighted by molar-refractivity contribution is 5.88. The van der Waals surface area contributed by atoms with Crippen LogP contribution in [-0.2, 0) is 21.4 Å². The highest BCUT2D eigenvalue weighted by atomic mass is 16.5. The van der Waals surface area contributed by atoms with Gasteiger partial charge >= 0.3 is 0 Å². The largest absolute Gasteiger partial charge is 0.484 e. The van der Waals surface area contributed by atoms with E-state index in [1.54, 1.807) is 11.8 Å². The lowest BCUT2D eigenvalue weighted by Crippen LogP contribution is -2.50. The monoisotopic (exact) mass is 438 g/mol. The van der Waals surface area contributed by atoms with E-state index in [1.807, 2.05) is 68.4 Å². The molecule has 0 aromatic heterocycles. The van der Waals surface area contributed by atoms with Crippen LogP contribution in [-0.4, -0.2) is 42.5 Å². The van der Waals surface area contributed by atoms with E-state index in [9.17, 15) is 9.59 Å². The van der Waals surface area contributed by atoms with Crippen molar-refractivity contribution in [1.29, 1.82) is 0 Å². The van der Waals surface area contributed by atoms with Crippen molar-refractivity contribution in [2.24, 2.45) is 5.92 Å². The fourth-order valence-electron chi connectivity index (χ4n) is 3.30. The molecule has 2 aromatic rings. The summed E-state index contributed by atoms with van der Waals surface area (Å²) in [5, 5.41) is 2.94. The van der Waals surface area contributed by atoms with Crippen LogP contribution in [0.1, 0.15) is 52.7 Å². The van der Waals surface area contributed by atoms with Crippen molar-refractivity contribution < 1.29 is 14.3 Å². The zero-order valence-corrected chi connectivity index (χ0v) is 20.4. The Morgan fingerprint density at radius 1 is 0.969 bits per heavy atom. The molecule has 0 unspecified atom stereocenters. The number of carbonyl (C=O) groups excluding carboxylic acids is 2. The van der Waals surface area contributed by atoms with Crippen LogP contribution in [0.25, 0.3) is 0 Å². The maximum absolute atomic E-state index is 13.1. The minimum Gasteiger partial charge on any atom is -0.484 e. The summed E-state index contributed by atoms with van der Waals surface area (Å²) in [7, 11) is 0. The lowest BCUT2D eigenvalue weighted by molar-refractivity contribution is -0.141. The number of hydrogen-bond donors (Lipinski definition) is 1. The van der Waals surface area contributed by atoms with E-state index in [-0.39, 0.29) is 23.8 Å². The molecule has 0 aliphatic heterocycles. The topological polar surface area (TPSA) is 58.6 Å². The third kappa shape index (κ3) is 8.03. The van der Waals surface area contributed by atoms with Gasteiger partial charge in [-0.3, -0.25) is 9.59 Å². The van der Waals surface area contributed by atoms with Crippen molar-refractivity contribution in [3.8, 4) is 5.75 Å². The van der Waals surface area contributed by atoms with Gasteiger partial charge in [0.25, 0.3) is 5.91 Å². The van der Waals surface area contributed by atoms with E-state index in [0.717, 1.165) is 5.56 Å². The summed E-state index contributed by atoms with van der Waals surface area (Å²) >= 11 is 0. The Kier molecular flexibility index (Phi) is 9.30. The Labute approximate surface area is 193 Å². The molecule has 0 saturated carbocycles. The van der Waals surface area contributed by atoms with Gasteiger partial charge in [-0.15, -0.1) is 0 Å². The number of benzene rings is 2.